The van der Waals surface area contributed by atoms with E-state index in [4.69, 9.17) is 0 Å². The first kappa shape index (κ1) is 9.52. The van der Waals surface area contributed by atoms with Crippen molar-refractivity contribution in [2.75, 3.05) is 6.54 Å². The highest BCUT2D eigenvalue weighted by molar-refractivity contribution is 5.80. The van der Waals surface area contributed by atoms with E-state index in [0.29, 0.717) is 18.5 Å². The van der Waals surface area contributed by atoms with E-state index in [0.717, 1.165) is 0 Å². The molecule has 0 aromatic heterocycles. The van der Waals surface area contributed by atoms with Crippen LogP contribution in [0.25, 0.3) is 0 Å². The van der Waals surface area contributed by atoms with E-state index in [1.165, 1.54) is 0 Å². The van der Waals surface area contributed by atoms with Crippen molar-refractivity contribution in [1.29, 1.82) is 0 Å². The van der Waals surface area contributed by atoms with Gasteiger partial charge < -0.3 is 4.90 Å². The van der Waals surface area contributed by atoms with Crippen molar-refractivity contribution in [2.24, 2.45) is 5.92 Å². The third kappa shape index (κ3) is 1.61. The molecule has 0 saturated carbocycles. The van der Waals surface area contributed by atoms with Gasteiger partial charge in [0.15, 0.2) is 0 Å². The topological polar surface area (TPSA) is 32.3 Å². The van der Waals surface area contributed by atoms with Gasteiger partial charge in [0.05, 0.1) is 12.7 Å². The van der Waals surface area contributed by atoms with Gasteiger partial charge in [0, 0.05) is 6.04 Å². The lowest BCUT2D eigenvalue weighted by molar-refractivity contribution is -0.130. The van der Waals surface area contributed by atoms with Crippen molar-refractivity contribution in [2.45, 2.75) is 39.9 Å². The second-order valence-electron chi connectivity index (χ2n) is 3.84. The Labute approximate surface area is 74.1 Å². The molecule has 12 heavy (non-hydrogen) atoms. The van der Waals surface area contributed by atoms with Crippen LogP contribution in [-0.4, -0.2) is 29.6 Å². The summed E-state index contributed by atoms with van der Waals surface area (Å²) in [5.41, 5.74) is 0. The number of carbonyl (C=O) groups excluding carboxylic acids is 1. The molecule has 0 aromatic carbocycles. The van der Waals surface area contributed by atoms with E-state index in [1.807, 2.05) is 11.8 Å². The molecular formula is C9H18N2O. The van der Waals surface area contributed by atoms with E-state index in [-0.39, 0.29) is 12.1 Å². The number of amides is 1. The largest absolute Gasteiger partial charge is 0.323 e. The number of rotatable bonds is 2. The summed E-state index contributed by atoms with van der Waals surface area (Å²) in [5, 5.41) is 3.13. The monoisotopic (exact) mass is 170 g/mol. The number of carbonyl (C=O) groups is 1. The third-order valence-corrected chi connectivity index (χ3v) is 2.66. The molecule has 1 amide bonds. The molecular weight excluding hydrogens is 152 g/mol. The van der Waals surface area contributed by atoms with Gasteiger partial charge in [-0.05, 0) is 19.8 Å². The van der Waals surface area contributed by atoms with Gasteiger partial charge in [-0.1, -0.05) is 13.8 Å². The second-order valence-corrected chi connectivity index (χ2v) is 3.84. The summed E-state index contributed by atoms with van der Waals surface area (Å²) in [5.74, 6) is 0.750. The highest BCUT2D eigenvalue weighted by atomic mass is 16.2. The van der Waals surface area contributed by atoms with Crippen molar-refractivity contribution in [1.82, 2.24) is 10.2 Å². The van der Waals surface area contributed by atoms with Crippen LogP contribution in [0.4, 0.5) is 0 Å². The molecule has 0 radical (unpaired) electrons. The second kappa shape index (κ2) is 3.44. The van der Waals surface area contributed by atoms with Crippen molar-refractivity contribution >= 4 is 5.91 Å². The maximum absolute atomic E-state index is 11.4. The maximum Gasteiger partial charge on any atom is 0.238 e. The predicted octanol–water partition coefficient (Wildman–Crippen LogP) is 0.809. The fraction of sp³-hybridized carbons (Fsp3) is 0.889. The van der Waals surface area contributed by atoms with Crippen LogP contribution in [0.5, 0.6) is 0 Å². The number of nitrogens with one attached hydrogen (secondary N) is 1. The smallest absolute Gasteiger partial charge is 0.238 e. The Morgan fingerprint density at radius 3 is 2.42 bits per heavy atom. The Bertz CT molecular complexity index is 179. The molecule has 2 unspecified atom stereocenters. The van der Waals surface area contributed by atoms with Crippen LogP contribution in [0.15, 0.2) is 0 Å². The molecule has 1 N–H and O–H groups in total. The highest BCUT2D eigenvalue weighted by Gasteiger charge is 2.31. The molecule has 1 fully saturated rings. The van der Waals surface area contributed by atoms with E-state index >= 15 is 0 Å². The molecule has 1 aliphatic rings. The first-order chi connectivity index (χ1) is 5.54. The lowest BCUT2D eigenvalue weighted by atomic mass is 10.0. The standard InChI is InChI=1S/C9H18N2O/c1-6(2)7(3)11-8(4)10-5-9(11)12/h6-8,10H,5H2,1-4H3. The molecule has 2 atom stereocenters. The minimum atomic E-state index is 0.204. The Hall–Kier alpha value is -0.570. The molecule has 70 valence electrons. The lowest BCUT2D eigenvalue weighted by Gasteiger charge is -2.30. The summed E-state index contributed by atoms with van der Waals surface area (Å²) in [6.45, 7) is 8.92. The normalized spacial score (nSPS) is 26.9. The quantitative estimate of drug-likeness (QED) is 0.665. The maximum atomic E-state index is 11.4. The average molecular weight is 170 g/mol. The van der Waals surface area contributed by atoms with Crippen molar-refractivity contribution in [3.05, 3.63) is 0 Å². The molecule has 0 bridgehead atoms. The Morgan fingerprint density at radius 1 is 1.50 bits per heavy atom. The van der Waals surface area contributed by atoms with Gasteiger partial charge >= 0.3 is 0 Å². The van der Waals surface area contributed by atoms with Crippen LogP contribution in [0.3, 0.4) is 0 Å². The molecule has 1 heterocycles. The van der Waals surface area contributed by atoms with Crippen LogP contribution >= 0.6 is 0 Å². The number of hydrogen-bond acceptors (Lipinski definition) is 2. The van der Waals surface area contributed by atoms with E-state index in [1.54, 1.807) is 0 Å². The van der Waals surface area contributed by atoms with E-state index < -0.39 is 0 Å². The van der Waals surface area contributed by atoms with Crippen molar-refractivity contribution in [3.8, 4) is 0 Å². The fourth-order valence-corrected chi connectivity index (χ4v) is 1.54. The Kier molecular flexibility index (Phi) is 2.73. The summed E-state index contributed by atoms with van der Waals surface area (Å²) in [4.78, 5) is 13.3. The molecule has 3 nitrogen and oxygen atoms in total. The van der Waals surface area contributed by atoms with Gasteiger partial charge in [-0.3, -0.25) is 10.1 Å². The average Bonchev–Trinajstić information content (AvgIpc) is 2.30. The summed E-state index contributed by atoms with van der Waals surface area (Å²) in [6.07, 6.45) is 0.204. The van der Waals surface area contributed by atoms with Crippen LogP contribution in [0.2, 0.25) is 0 Å². The zero-order valence-corrected chi connectivity index (χ0v) is 8.29. The first-order valence-electron chi connectivity index (χ1n) is 4.58. The SMILES string of the molecule is CC(C)C(C)N1C(=O)CNC1C. The molecule has 0 aliphatic carbocycles. The minimum Gasteiger partial charge on any atom is -0.323 e. The van der Waals surface area contributed by atoms with Gasteiger partial charge in [-0.15, -0.1) is 0 Å². The van der Waals surface area contributed by atoms with Crippen molar-refractivity contribution in [3.63, 3.8) is 0 Å². The number of nitrogens with zero attached hydrogens (tertiary/aromatic N) is 1. The summed E-state index contributed by atoms with van der Waals surface area (Å²) >= 11 is 0. The third-order valence-electron chi connectivity index (χ3n) is 2.66. The molecule has 1 saturated heterocycles. The predicted molar refractivity (Wildman–Crippen MR) is 48.6 cm³/mol. The van der Waals surface area contributed by atoms with Crippen LogP contribution in [0.1, 0.15) is 27.7 Å². The van der Waals surface area contributed by atoms with Gasteiger partial charge in [-0.2, -0.15) is 0 Å². The van der Waals surface area contributed by atoms with Gasteiger partial charge in [-0.25, -0.2) is 0 Å². The summed E-state index contributed by atoms with van der Waals surface area (Å²) in [6, 6.07) is 0.336. The van der Waals surface area contributed by atoms with E-state index in [9.17, 15) is 4.79 Å². The molecule has 3 heteroatoms. The Balaban J connectivity index is 2.65. The number of hydrogen-bond donors (Lipinski definition) is 1. The molecule has 1 aliphatic heterocycles. The molecule has 1 rings (SSSR count). The summed E-state index contributed by atoms with van der Waals surface area (Å²) in [7, 11) is 0. The minimum absolute atomic E-state index is 0.204. The zero-order chi connectivity index (χ0) is 9.30. The summed E-state index contributed by atoms with van der Waals surface area (Å²) < 4.78 is 0. The lowest BCUT2D eigenvalue weighted by Crippen LogP contribution is -2.43. The Morgan fingerprint density at radius 2 is 2.08 bits per heavy atom. The van der Waals surface area contributed by atoms with Crippen molar-refractivity contribution < 1.29 is 4.79 Å². The van der Waals surface area contributed by atoms with Crippen LogP contribution in [-0.2, 0) is 4.79 Å². The van der Waals surface area contributed by atoms with Gasteiger partial charge in [0.1, 0.15) is 0 Å². The first-order valence-corrected chi connectivity index (χ1v) is 4.58. The zero-order valence-electron chi connectivity index (χ0n) is 8.29. The highest BCUT2D eigenvalue weighted by Crippen LogP contribution is 2.15. The van der Waals surface area contributed by atoms with Gasteiger partial charge in [0.25, 0.3) is 0 Å². The van der Waals surface area contributed by atoms with E-state index in [2.05, 4.69) is 26.1 Å². The molecule has 0 aromatic rings. The fourth-order valence-electron chi connectivity index (χ4n) is 1.54. The van der Waals surface area contributed by atoms with Crippen LogP contribution in [0, 0.1) is 5.92 Å². The van der Waals surface area contributed by atoms with Gasteiger partial charge in [0.2, 0.25) is 5.91 Å². The van der Waals surface area contributed by atoms with Crippen LogP contribution < -0.4 is 5.32 Å². The molecule has 0 spiro atoms.